The number of nitrogens with two attached hydrogens (primary N) is 1. The second kappa shape index (κ2) is 4.28. The summed E-state index contributed by atoms with van der Waals surface area (Å²) in [5, 5.41) is 33.3. The van der Waals surface area contributed by atoms with Gasteiger partial charge in [0.1, 0.15) is 17.7 Å². The van der Waals surface area contributed by atoms with E-state index in [1.807, 2.05) is 0 Å². The van der Waals surface area contributed by atoms with E-state index >= 15 is 0 Å². The fourth-order valence-corrected chi connectivity index (χ4v) is 1.15. The van der Waals surface area contributed by atoms with Crippen LogP contribution in [0.5, 0.6) is 0 Å². The summed E-state index contributed by atoms with van der Waals surface area (Å²) in [6.07, 6.45) is -2.45. The molecule has 5 N–H and O–H groups in total. The number of aromatic nitrogens is 2. The average Bonchev–Trinajstić information content (AvgIpc) is 2.57. The van der Waals surface area contributed by atoms with Gasteiger partial charge in [-0.15, -0.1) is 11.6 Å². The summed E-state index contributed by atoms with van der Waals surface area (Å²) in [5.74, 6) is -0.159. The lowest BCUT2D eigenvalue weighted by Gasteiger charge is -2.13. The van der Waals surface area contributed by atoms with Crippen LogP contribution in [0.25, 0.3) is 0 Å². The minimum Gasteiger partial charge on any atom is -0.389 e. The fraction of sp³-hybridized carbons (Fsp3) is 0.429. The van der Waals surface area contributed by atoms with Gasteiger partial charge < -0.3 is 15.9 Å². The lowest BCUT2D eigenvalue weighted by atomic mass is 10.1. The predicted octanol–water partition coefficient (Wildman–Crippen LogP) is -0.503. The summed E-state index contributed by atoms with van der Waals surface area (Å²) < 4.78 is 0. The minimum absolute atomic E-state index is 0.0108. The number of rotatable bonds is 3. The van der Waals surface area contributed by atoms with Gasteiger partial charge in [0.15, 0.2) is 5.82 Å². The number of nitrogens with one attached hydrogen (secondary N) is 1. The highest BCUT2D eigenvalue weighted by atomic mass is 35.5. The van der Waals surface area contributed by atoms with Crippen molar-refractivity contribution in [2.24, 2.45) is 0 Å². The first-order valence-electron chi connectivity index (χ1n) is 3.77. The van der Waals surface area contributed by atoms with Crippen molar-refractivity contribution in [2.45, 2.75) is 12.2 Å². The second-order valence-electron chi connectivity index (χ2n) is 2.68. The number of aromatic amines is 1. The minimum atomic E-state index is -1.29. The van der Waals surface area contributed by atoms with Crippen LogP contribution >= 0.6 is 11.6 Å². The largest absolute Gasteiger partial charge is 0.389 e. The van der Waals surface area contributed by atoms with Gasteiger partial charge in [-0.25, -0.2) is 0 Å². The molecule has 0 aliphatic rings. The molecule has 0 amide bonds. The molecular weight excluding hydrogens is 208 g/mol. The van der Waals surface area contributed by atoms with E-state index in [1.54, 1.807) is 6.07 Å². The third-order valence-corrected chi connectivity index (χ3v) is 2.07. The molecule has 1 rings (SSSR count). The quantitative estimate of drug-likeness (QED) is 0.508. The maximum Gasteiger partial charge on any atom is 0.163 e. The lowest BCUT2D eigenvalue weighted by molar-refractivity contribution is 0.0298. The Morgan fingerprint density at radius 2 is 2.29 bits per heavy atom. The molecule has 0 fully saturated rings. The normalized spacial score (nSPS) is 14.7. The van der Waals surface area contributed by atoms with E-state index in [-0.39, 0.29) is 23.0 Å². The first-order chi connectivity index (χ1) is 6.61. The van der Waals surface area contributed by atoms with Gasteiger partial charge in [0.2, 0.25) is 0 Å². The number of alkyl halides is 1. The maximum atomic E-state index is 9.50. The molecule has 0 aliphatic heterocycles. The Hall–Kier alpha value is -1.29. The Labute approximate surface area is 84.9 Å². The number of aliphatic hydroxyl groups excluding tert-OH is 2. The molecule has 0 bridgehead atoms. The molecule has 0 saturated heterocycles. The zero-order chi connectivity index (χ0) is 10.7. The number of nitriles is 1. The van der Waals surface area contributed by atoms with Gasteiger partial charge in [-0.05, 0) is 0 Å². The smallest absolute Gasteiger partial charge is 0.163 e. The highest BCUT2D eigenvalue weighted by Crippen LogP contribution is 2.22. The molecule has 6 nitrogen and oxygen atoms in total. The molecule has 0 radical (unpaired) electrons. The van der Waals surface area contributed by atoms with Gasteiger partial charge in [0.25, 0.3) is 0 Å². The van der Waals surface area contributed by atoms with Crippen LogP contribution in [0.15, 0.2) is 0 Å². The molecule has 7 heteroatoms. The monoisotopic (exact) mass is 216 g/mol. The highest BCUT2D eigenvalue weighted by Gasteiger charge is 2.24. The van der Waals surface area contributed by atoms with Crippen molar-refractivity contribution < 1.29 is 10.2 Å². The van der Waals surface area contributed by atoms with Crippen LogP contribution in [-0.2, 0) is 0 Å². The molecule has 0 aromatic carbocycles. The second-order valence-corrected chi connectivity index (χ2v) is 2.98. The van der Waals surface area contributed by atoms with Gasteiger partial charge in [-0.1, -0.05) is 0 Å². The number of H-pyrrole nitrogens is 1. The summed E-state index contributed by atoms with van der Waals surface area (Å²) >= 11 is 5.34. The van der Waals surface area contributed by atoms with Gasteiger partial charge in [-0.2, -0.15) is 10.4 Å². The summed E-state index contributed by atoms with van der Waals surface area (Å²) in [7, 11) is 0. The number of anilines is 1. The molecule has 2 atom stereocenters. The molecule has 1 aromatic heterocycles. The van der Waals surface area contributed by atoms with Crippen molar-refractivity contribution in [3.8, 4) is 6.07 Å². The maximum absolute atomic E-state index is 9.50. The Morgan fingerprint density at radius 1 is 1.64 bits per heavy atom. The zero-order valence-electron chi connectivity index (χ0n) is 7.11. The molecular formula is C7H9ClN4O2. The molecule has 1 heterocycles. The average molecular weight is 217 g/mol. The van der Waals surface area contributed by atoms with Crippen molar-refractivity contribution in [1.82, 2.24) is 10.2 Å². The Morgan fingerprint density at radius 3 is 2.79 bits per heavy atom. The number of hydrogen-bond acceptors (Lipinski definition) is 5. The Balaban J connectivity index is 3.02. The number of nitrogen functional groups attached to an aromatic ring is 1. The zero-order valence-corrected chi connectivity index (χ0v) is 7.86. The highest BCUT2D eigenvalue weighted by molar-refractivity contribution is 6.18. The van der Waals surface area contributed by atoms with Gasteiger partial charge in [0.05, 0.1) is 17.7 Å². The fourth-order valence-electron chi connectivity index (χ4n) is 0.979. The van der Waals surface area contributed by atoms with E-state index in [4.69, 9.17) is 22.6 Å². The third kappa shape index (κ3) is 1.80. The van der Waals surface area contributed by atoms with Crippen molar-refractivity contribution in [3.63, 3.8) is 0 Å². The van der Waals surface area contributed by atoms with Gasteiger partial charge >= 0.3 is 0 Å². The lowest BCUT2D eigenvalue weighted by Crippen LogP contribution is -2.20. The summed E-state index contributed by atoms with van der Waals surface area (Å²) in [6, 6.07) is 1.77. The van der Waals surface area contributed by atoms with Crippen LogP contribution in [0, 0.1) is 11.3 Å². The van der Waals surface area contributed by atoms with Crippen LogP contribution in [0.1, 0.15) is 17.4 Å². The summed E-state index contributed by atoms with van der Waals surface area (Å²) in [6.45, 7) is 0. The van der Waals surface area contributed by atoms with Crippen LogP contribution in [0.4, 0.5) is 5.82 Å². The van der Waals surface area contributed by atoms with Crippen LogP contribution in [-0.4, -0.2) is 32.4 Å². The topological polar surface area (TPSA) is 119 Å². The standard InChI is InChI=1S/C7H9ClN4O2/c8-1-4(13)6(14)5-3(2-9)7(10)12-11-5/h4,6,13-14H,1H2,(H3,10,11,12). The first-order valence-corrected chi connectivity index (χ1v) is 4.31. The molecule has 0 spiro atoms. The number of hydrogen-bond donors (Lipinski definition) is 4. The SMILES string of the molecule is N#Cc1c(N)n[nH]c1C(O)C(O)CCl. The molecule has 76 valence electrons. The van der Waals surface area contributed by atoms with Crippen LogP contribution < -0.4 is 5.73 Å². The van der Waals surface area contributed by atoms with E-state index in [9.17, 15) is 10.2 Å². The van der Waals surface area contributed by atoms with Crippen molar-refractivity contribution in [1.29, 1.82) is 5.26 Å². The van der Waals surface area contributed by atoms with E-state index in [0.29, 0.717) is 0 Å². The Kier molecular flexibility index (Phi) is 3.30. The van der Waals surface area contributed by atoms with Gasteiger partial charge in [0, 0.05) is 0 Å². The first kappa shape index (κ1) is 10.8. The van der Waals surface area contributed by atoms with E-state index in [1.165, 1.54) is 0 Å². The summed E-state index contributed by atoms with van der Waals surface area (Å²) in [5.41, 5.74) is 5.45. The molecule has 14 heavy (non-hydrogen) atoms. The molecule has 1 aromatic rings. The number of nitrogens with zero attached hydrogens (tertiary/aromatic N) is 2. The van der Waals surface area contributed by atoms with E-state index < -0.39 is 12.2 Å². The van der Waals surface area contributed by atoms with E-state index in [0.717, 1.165) is 0 Å². The van der Waals surface area contributed by atoms with Crippen molar-refractivity contribution in [2.75, 3.05) is 11.6 Å². The number of halogens is 1. The van der Waals surface area contributed by atoms with E-state index in [2.05, 4.69) is 10.2 Å². The van der Waals surface area contributed by atoms with Crippen LogP contribution in [0.2, 0.25) is 0 Å². The number of aliphatic hydroxyl groups is 2. The van der Waals surface area contributed by atoms with Crippen LogP contribution in [0.3, 0.4) is 0 Å². The predicted molar refractivity (Wildman–Crippen MR) is 49.4 cm³/mol. The summed E-state index contributed by atoms with van der Waals surface area (Å²) in [4.78, 5) is 0. The molecule has 0 aliphatic carbocycles. The molecule has 0 saturated carbocycles. The third-order valence-electron chi connectivity index (χ3n) is 1.75. The molecule has 2 unspecified atom stereocenters. The van der Waals surface area contributed by atoms with Crippen molar-refractivity contribution in [3.05, 3.63) is 11.3 Å². The van der Waals surface area contributed by atoms with Gasteiger partial charge in [-0.3, -0.25) is 5.10 Å². The Bertz CT molecular complexity index is 359. The van der Waals surface area contributed by atoms with Crippen molar-refractivity contribution >= 4 is 17.4 Å².